The Morgan fingerprint density at radius 1 is 0.821 bits per heavy atom. The highest BCUT2D eigenvalue weighted by molar-refractivity contribution is 7.92. The van der Waals surface area contributed by atoms with Crippen LogP contribution in [0.4, 0.5) is 5.69 Å². The van der Waals surface area contributed by atoms with Crippen LogP contribution in [0.3, 0.4) is 0 Å². The molecule has 0 saturated heterocycles. The predicted molar refractivity (Wildman–Crippen MR) is 111 cm³/mol. The van der Waals surface area contributed by atoms with Crippen LogP contribution in [0.15, 0.2) is 77.7 Å². The van der Waals surface area contributed by atoms with Gasteiger partial charge in [0.25, 0.3) is 10.0 Å². The third-order valence-corrected chi connectivity index (χ3v) is 6.18. The van der Waals surface area contributed by atoms with Gasteiger partial charge in [0.1, 0.15) is 11.5 Å². The van der Waals surface area contributed by atoms with Crippen molar-refractivity contribution in [3.63, 3.8) is 0 Å². The second kappa shape index (κ2) is 8.35. The summed E-state index contributed by atoms with van der Waals surface area (Å²) in [6.45, 7) is 2.07. The molecule has 0 radical (unpaired) electrons. The molecule has 0 fully saturated rings. The molecule has 3 aromatic rings. The molecular formula is C22H23NO4S. The minimum Gasteiger partial charge on any atom is -0.497 e. The van der Waals surface area contributed by atoms with E-state index in [0.29, 0.717) is 17.2 Å². The van der Waals surface area contributed by atoms with Gasteiger partial charge in [0, 0.05) is 6.07 Å². The maximum absolute atomic E-state index is 13.4. The number of ether oxygens (including phenoxy) is 2. The van der Waals surface area contributed by atoms with E-state index in [0.717, 1.165) is 11.1 Å². The molecule has 0 unspecified atom stereocenters. The number of benzene rings is 3. The molecule has 0 spiro atoms. The lowest BCUT2D eigenvalue weighted by molar-refractivity contribution is 0.393. The maximum Gasteiger partial charge on any atom is 0.264 e. The van der Waals surface area contributed by atoms with E-state index in [1.165, 1.54) is 4.31 Å². The van der Waals surface area contributed by atoms with Gasteiger partial charge < -0.3 is 9.47 Å². The minimum absolute atomic E-state index is 0.147. The second-order valence-electron chi connectivity index (χ2n) is 6.38. The van der Waals surface area contributed by atoms with Gasteiger partial charge in [-0.2, -0.15) is 0 Å². The van der Waals surface area contributed by atoms with Crippen molar-refractivity contribution in [1.29, 1.82) is 0 Å². The van der Waals surface area contributed by atoms with Crippen LogP contribution >= 0.6 is 0 Å². The molecule has 0 aromatic heterocycles. The number of hydrogen-bond donors (Lipinski definition) is 0. The fourth-order valence-corrected chi connectivity index (χ4v) is 4.32. The first-order valence-electron chi connectivity index (χ1n) is 8.80. The Labute approximate surface area is 166 Å². The molecule has 0 aliphatic rings. The zero-order valence-corrected chi connectivity index (χ0v) is 16.9. The summed E-state index contributed by atoms with van der Waals surface area (Å²) >= 11 is 0. The zero-order valence-electron chi connectivity index (χ0n) is 16.1. The lowest BCUT2D eigenvalue weighted by Crippen LogP contribution is -2.30. The number of rotatable bonds is 7. The van der Waals surface area contributed by atoms with Crippen molar-refractivity contribution >= 4 is 15.7 Å². The van der Waals surface area contributed by atoms with Crippen LogP contribution in [-0.2, 0) is 16.6 Å². The number of anilines is 1. The summed E-state index contributed by atoms with van der Waals surface area (Å²) in [6.07, 6.45) is 0. The average molecular weight is 397 g/mol. The Hall–Kier alpha value is -2.99. The molecular weight excluding hydrogens is 374 g/mol. The Morgan fingerprint density at radius 2 is 1.39 bits per heavy atom. The summed E-state index contributed by atoms with van der Waals surface area (Å²) in [5.74, 6) is 1.21. The van der Waals surface area contributed by atoms with E-state index < -0.39 is 10.0 Å². The van der Waals surface area contributed by atoms with Crippen LogP contribution in [0.5, 0.6) is 11.5 Å². The Balaban J connectivity index is 2.07. The molecule has 0 heterocycles. The molecule has 5 nitrogen and oxygen atoms in total. The summed E-state index contributed by atoms with van der Waals surface area (Å²) < 4.78 is 38.9. The van der Waals surface area contributed by atoms with Crippen molar-refractivity contribution in [1.82, 2.24) is 0 Å². The van der Waals surface area contributed by atoms with E-state index in [1.54, 1.807) is 56.7 Å². The summed E-state index contributed by atoms with van der Waals surface area (Å²) in [7, 11) is -0.624. The van der Waals surface area contributed by atoms with E-state index in [4.69, 9.17) is 9.47 Å². The van der Waals surface area contributed by atoms with Crippen molar-refractivity contribution in [2.75, 3.05) is 18.5 Å². The van der Waals surface area contributed by atoms with Gasteiger partial charge in [0.2, 0.25) is 0 Å². The molecule has 28 heavy (non-hydrogen) atoms. The van der Waals surface area contributed by atoms with Gasteiger partial charge in [0.05, 0.1) is 31.3 Å². The molecule has 0 amide bonds. The van der Waals surface area contributed by atoms with Gasteiger partial charge in [-0.3, -0.25) is 4.31 Å². The molecule has 0 aliphatic carbocycles. The fraction of sp³-hybridized carbons (Fsp3) is 0.182. The first-order valence-corrected chi connectivity index (χ1v) is 10.2. The van der Waals surface area contributed by atoms with Gasteiger partial charge in [-0.25, -0.2) is 8.42 Å². The SMILES string of the molecule is COc1cc(CN(c2ccccc2)S(=O)(=O)c2ccc(C)cc2)cc(OC)c1. The molecule has 146 valence electrons. The predicted octanol–water partition coefficient (Wildman–Crippen LogP) is 4.41. The molecule has 0 N–H and O–H groups in total. The third kappa shape index (κ3) is 4.28. The van der Waals surface area contributed by atoms with Crippen molar-refractivity contribution in [3.05, 3.63) is 83.9 Å². The number of para-hydroxylation sites is 1. The van der Waals surface area contributed by atoms with Crippen molar-refractivity contribution in [2.24, 2.45) is 0 Å². The molecule has 6 heteroatoms. The minimum atomic E-state index is -3.76. The lowest BCUT2D eigenvalue weighted by atomic mass is 10.2. The maximum atomic E-state index is 13.4. The zero-order chi connectivity index (χ0) is 20.1. The van der Waals surface area contributed by atoms with Crippen molar-refractivity contribution in [3.8, 4) is 11.5 Å². The van der Waals surface area contributed by atoms with Gasteiger partial charge in [-0.05, 0) is 48.9 Å². The van der Waals surface area contributed by atoms with Gasteiger partial charge in [0.15, 0.2) is 0 Å². The number of hydrogen-bond acceptors (Lipinski definition) is 4. The van der Waals surface area contributed by atoms with E-state index in [1.807, 2.05) is 37.3 Å². The topological polar surface area (TPSA) is 55.8 Å². The van der Waals surface area contributed by atoms with Crippen LogP contribution in [0.1, 0.15) is 11.1 Å². The number of sulfonamides is 1. The van der Waals surface area contributed by atoms with E-state index in [2.05, 4.69) is 0 Å². The van der Waals surface area contributed by atoms with Crippen LogP contribution in [-0.4, -0.2) is 22.6 Å². The number of methoxy groups -OCH3 is 2. The largest absolute Gasteiger partial charge is 0.497 e. The first kappa shape index (κ1) is 19.8. The normalized spacial score (nSPS) is 11.1. The third-order valence-electron chi connectivity index (χ3n) is 4.39. The van der Waals surface area contributed by atoms with E-state index >= 15 is 0 Å². The van der Waals surface area contributed by atoms with Crippen molar-refractivity contribution in [2.45, 2.75) is 18.4 Å². The lowest BCUT2D eigenvalue weighted by Gasteiger charge is -2.25. The monoisotopic (exact) mass is 397 g/mol. The van der Waals surface area contributed by atoms with Crippen LogP contribution in [0.2, 0.25) is 0 Å². The summed E-state index contributed by atoms with van der Waals surface area (Å²) in [5.41, 5.74) is 2.35. The Bertz CT molecular complexity index is 1010. The van der Waals surface area contributed by atoms with Gasteiger partial charge >= 0.3 is 0 Å². The molecule has 0 bridgehead atoms. The number of aryl methyl sites for hydroxylation is 1. The van der Waals surface area contributed by atoms with Crippen molar-refractivity contribution < 1.29 is 17.9 Å². The summed E-state index contributed by atoms with van der Waals surface area (Å²) in [4.78, 5) is 0.247. The highest BCUT2D eigenvalue weighted by Gasteiger charge is 2.25. The molecule has 0 saturated carbocycles. The molecule has 0 aliphatic heterocycles. The Morgan fingerprint density at radius 3 is 1.93 bits per heavy atom. The molecule has 3 aromatic carbocycles. The van der Waals surface area contributed by atoms with Crippen LogP contribution in [0, 0.1) is 6.92 Å². The van der Waals surface area contributed by atoms with Crippen LogP contribution in [0.25, 0.3) is 0 Å². The highest BCUT2D eigenvalue weighted by atomic mass is 32.2. The van der Waals surface area contributed by atoms with Crippen LogP contribution < -0.4 is 13.8 Å². The van der Waals surface area contributed by atoms with Gasteiger partial charge in [-0.1, -0.05) is 35.9 Å². The second-order valence-corrected chi connectivity index (χ2v) is 8.24. The van der Waals surface area contributed by atoms with Gasteiger partial charge in [-0.15, -0.1) is 0 Å². The standard InChI is InChI=1S/C22H23NO4S/c1-17-9-11-22(12-10-17)28(24,25)23(19-7-5-4-6-8-19)16-18-13-20(26-2)15-21(14-18)27-3/h4-15H,16H2,1-3H3. The quantitative estimate of drug-likeness (QED) is 0.593. The van der Waals surface area contributed by atoms with E-state index in [9.17, 15) is 8.42 Å². The molecule has 0 atom stereocenters. The Kier molecular flexibility index (Phi) is 5.90. The number of nitrogens with zero attached hydrogens (tertiary/aromatic N) is 1. The first-order chi connectivity index (χ1) is 13.4. The smallest absolute Gasteiger partial charge is 0.264 e. The highest BCUT2D eigenvalue weighted by Crippen LogP contribution is 2.29. The summed E-state index contributed by atoms with van der Waals surface area (Å²) in [5, 5.41) is 0. The fourth-order valence-electron chi connectivity index (χ4n) is 2.87. The average Bonchev–Trinajstić information content (AvgIpc) is 2.72. The van der Waals surface area contributed by atoms with E-state index in [-0.39, 0.29) is 11.4 Å². The molecule has 3 rings (SSSR count). The summed E-state index contributed by atoms with van der Waals surface area (Å²) in [6, 6.07) is 21.3.